The van der Waals surface area contributed by atoms with Crippen LogP contribution in [-0.4, -0.2) is 30.1 Å². The summed E-state index contributed by atoms with van der Waals surface area (Å²) in [4.78, 5) is 16.6. The van der Waals surface area contributed by atoms with Gasteiger partial charge in [0.15, 0.2) is 9.84 Å². The number of hydrogen-bond acceptors (Lipinski definition) is 4. The van der Waals surface area contributed by atoms with E-state index in [0.29, 0.717) is 11.0 Å². The molecule has 1 aromatic heterocycles. The fourth-order valence-electron chi connectivity index (χ4n) is 2.54. The summed E-state index contributed by atoms with van der Waals surface area (Å²) in [5.41, 5.74) is 1.31. The van der Waals surface area contributed by atoms with Crippen LogP contribution in [0.1, 0.15) is 5.82 Å². The van der Waals surface area contributed by atoms with Crippen LogP contribution in [0, 0.1) is 5.82 Å². The average Bonchev–Trinajstić information content (AvgIpc) is 2.85. The smallest absolute Gasteiger partial charge is 0.244 e. The molecule has 0 aliphatic carbocycles. The third-order valence-corrected chi connectivity index (χ3v) is 4.36. The Hall–Kier alpha value is -2.74. The Morgan fingerprint density at radius 2 is 1.84 bits per heavy atom. The summed E-state index contributed by atoms with van der Waals surface area (Å²) in [6.07, 6.45) is 1.11. The highest BCUT2D eigenvalue weighted by molar-refractivity contribution is 7.89. The molecule has 0 unspecified atom stereocenters. The molecule has 1 heterocycles. The Morgan fingerprint density at radius 3 is 2.56 bits per heavy atom. The first kappa shape index (κ1) is 17.1. The zero-order chi connectivity index (χ0) is 18.0. The molecule has 3 rings (SSSR count). The van der Waals surface area contributed by atoms with Crippen molar-refractivity contribution in [2.75, 3.05) is 11.6 Å². The number of carbonyl (C=O) groups excluding carboxylic acids is 1. The molecule has 130 valence electrons. The fourth-order valence-corrected chi connectivity index (χ4v) is 3.23. The largest absolute Gasteiger partial charge is 0.322 e. The minimum atomic E-state index is -3.32. The number of aromatic nitrogens is 2. The summed E-state index contributed by atoms with van der Waals surface area (Å²) in [7, 11) is -3.32. The van der Waals surface area contributed by atoms with Crippen LogP contribution in [0.2, 0.25) is 0 Å². The number of para-hydroxylation sites is 3. The molecule has 0 radical (unpaired) electrons. The van der Waals surface area contributed by atoms with Crippen molar-refractivity contribution in [1.82, 2.24) is 9.55 Å². The first-order chi connectivity index (χ1) is 11.8. The van der Waals surface area contributed by atoms with Gasteiger partial charge in [0.25, 0.3) is 0 Å². The Bertz CT molecular complexity index is 1040. The number of amides is 1. The molecule has 0 saturated carbocycles. The first-order valence-electron chi connectivity index (χ1n) is 7.50. The number of nitrogens with zero attached hydrogens (tertiary/aromatic N) is 2. The summed E-state index contributed by atoms with van der Waals surface area (Å²) >= 11 is 0. The van der Waals surface area contributed by atoms with Crippen molar-refractivity contribution in [3.8, 4) is 0 Å². The van der Waals surface area contributed by atoms with Crippen LogP contribution in [0.5, 0.6) is 0 Å². The Kier molecular flexibility index (Phi) is 4.54. The Balaban J connectivity index is 1.93. The van der Waals surface area contributed by atoms with Crippen molar-refractivity contribution in [3.63, 3.8) is 0 Å². The molecule has 1 N–H and O–H groups in total. The maximum atomic E-state index is 13.7. The van der Waals surface area contributed by atoms with E-state index in [9.17, 15) is 17.6 Å². The summed E-state index contributed by atoms with van der Waals surface area (Å²) in [5, 5.41) is 2.49. The highest BCUT2D eigenvalue weighted by Gasteiger charge is 2.17. The van der Waals surface area contributed by atoms with Crippen LogP contribution in [0.4, 0.5) is 10.1 Å². The quantitative estimate of drug-likeness (QED) is 0.756. The van der Waals surface area contributed by atoms with Gasteiger partial charge in [-0.05, 0) is 24.3 Å². The van der Waals surface area contributed by atoms with Gasteiger partial charge in [-0.25, -0.2) is 17.8 Å². The second-order valence-electron chi connectivity index (χ2n) is 5.70. The zero-order valence-corrected chi connectivity index (χ0v) is 14.3. The van der Waals surface area contributed by atoms with E-state index < -0.39 is 21.6 Å². The third kappa shape index (κ3) is 4.03. The Morgan fingerprint density at radius 1 is 1.16 bits per heavy atom. The summed E-state index contributed by atoms with van der Waals surface area (Å²) in [5.74, 6) is -1.02. The number of halogens is 1. The minimum Gasteiger partial charge on any atom is -0.322 e. The van der Waals surface area contributed by atoms with Crippen molar-refractivity contribution in [1.29, 1.82) is 0 Å². The number of rotatable bonds is 5. The predicted octanol–water partition coefficient (Wildman–Crippen LogP) is 2.36. The number of imidazole rings is 1. The van der Waals surface area contributed by atoms with Crippen LogP contribution >= 0.6 is 0 Å². The number of sulfone groups is 1. The van der Waals surface area contributed by atoms with Crippen molar-refractivity contribution in [2.45, 2.75) is 12.3 Å². The van der Waals surface area contributed by atoms with E-state index in [0.717, 1.165) is 6.26 Å². The lowest BCUT2D eigenvalue weighted by Gasteiger charge is -2.10. The highest BCUT2D eigenvalue weighted by Crippen LogP contribution is 2.18. The molecule has 1 amide bonds. The molecule has 0 atom stereocenters. The van der Waals surface area contributed by atoms with E-state index in [1.165, 1.54) is 22.8 Å². The fraction of sp³-hybridized carbons (Fsp3) is 0.176. The van der Waals surface area contributed by atoms with Crippen LogP contribution in [0.15, 0.2) is 48.5 Å². The van der Waals surface area contributed by atoms with Crippen molar-refractivity contribution >= 4 is 32.5 Å². The second kappa shape index (κ2) is 6.64. The normalized spacial score (nSPS) is 11.6. The molecular formula is C17H16FN3O3S. The summed E-state index contributed by atoms with van der Waals surface area (Å²) in [6, 6.07) is 12.9. The maximum Gasteiger partial charge on any atom is 0.244 e. The molecule has 0 fully saturated rings. The molecule has 25 heavy (non-hydrogen) atoms. The highest BCUT2D eigenvalue weighted by atomic mass is 32.2. The average molecular weight is 361 g/mol. The maximum absolute atomic E-state index is 13.7. The van der Waals surface area contributed by atoms with Crippen molar-refractivity contribution in [2.24, 2.45) is 0 Å². The van der Waals surface area contributed by atoms with Gasteiger partial charge < -0.3 is 9.88 Å². The topological polar surface area (TPSA) is 81.1 Å². The van der Waals surface area contributed by atoms with E-state index >= 15 is 0 Å². The number of fused-ring (bicyclic) bond motifs is 1. The SMILES string of the molecule is CS(=O)(=O)Cc1nc2ccccc2n1CC(=O)Nc1ccccc1F. The van der Waals surface area contributed by atoms with Crippen molar-refractivity contribution in [3.05, 3.63) is 60.2 Å². The number of hydrogen-bond donors (Lipinski definition) is 1. The third-order valence-electron chi connectivity index (χ3n) is 3.57. The summed E-state index contributed by atoms with van der Waals surface area (Å²) in [6.45, 7) is -0.167. The van der Waals surface area contributed by atoms with Gasteiger partial charge in [-0.15, -0.1) is 0 Å². The number of nitrogens with one attached hydrogen (secondary N) is 1. The van der Waals surface area contributed by atoms with Gasteiger partial charge in [-0.1, -0.05) is 24.3 Å². The van der Waals surface area contributed by atoms with Gasteiger partial charge in [-0.2, -0.15) is 0 Å². The lowest BCUT2D eigenvalue weighted by atomic mass is 10.3. The molecule has 0 bridgehead atoms. The van der Waals surface area contributed by atoms with E-state index in [-0.39, 0.29) is 23.8 Å². The van der Waals surface area contributed by atoms with Gasteiger partial charge in [0.2, 0.25) is 5.91 Å². The van der Waals surface area contributed by atoms with E-state index in [1.807, 2.05) is 0 Å². The number of anilines is 1. The molecule has 6 nitrogen and oxygen atoms in total. The Labute approximate surface area is 144 Å². The molecule has 0 aliphatic rings. The number of benzene rings is 2. The van der Waals surface area contributed by atoms with Gasteiger partial charge in [0, 0.05) is 6.26 Å². The van der Waals surface area contributed by atoms with Crippen molar-refractivity contribution < 1.29 is 17.6 Å². The van der Waals surface area contributed by atoms with Gasteiger partial charge >= 0.3 is 0 Å². The molecule has 2 aromatic carbocycles. The second-order valence-corrected chi connectivity index (χ2v) is 7.84. The van der Waals surface area contributed by atoms with Crippen LogP contribution in [0.25, 0.3) is 11.0 Å². The standard InChI is InChI=1S/C17H16FN3O3S/c1-25(23,24)11-16-19-14-8-4-5-9-15(14)21(16)10-17(22)20-13-7-3-2-6-12(13)18/h2-9H,10-11H2,1H3,(H,20,22). The zero-order valence-electron chi connectivity index (χ0n) is 13.4. The van der Waals surface area contributed by atoms with Crippen LogP contribution in [0.3, 0.4) is 0 Å². The van der Waals surface area contributed by atoms with E-state index in [4.69, 9.17) is 0 Å². The molecule has 8 heteroatoms. The first-order valence-corrected chi connectivity index (χ1v) is 9.56. The van der Waals surface area contributed by atoms with Gasteiger partial charge in [0.05, 0.1) is 16.7 Å². The number of carbonyl (C=O) groups is 1. The minimum absolute atomic E-state index is 0.0709. The molecule has 0 saturated heterocycles. The van der Waals surface area contributed by atoms with Crippen LogP contribution < -0.4 is 5.32 Å². The lowest BCUT2D eigenvalue weighted by Crippen LogP contribution is -2.21. The van der Waals surface area contributed by atoms with Gasteiger partial charge in [-0.3, -0.25) is 4.79 Å². The van der Waals surface area contributed by atoms with E-state index in [1.54, 1.807) is 30.3 Å². The van der Waals surface area contributed by atoms with E-state index in [2.05, 4.69) is 10.3 Å². The molecule has 0 aliphatic heterocycles. The molecular weight excluding hydrogens is 345 g/mol. The summed E-state index contributed by atoms with van der Waals surface area (Å²) < 4.78 is 38.5. The monoisotopic (exact) mass is 361 g/mol. The molecule has 0 spiro atoms. The predicted molar refractivity (Wildman–Crippen MR) is 93.3 cm³/mol. The lowest BCUT2D eigenvalue weighted by molar-refractivity contribution is -0.116. The van der Waals surface area contributed by atoms with Crippen LogP contribution in [-0.2, 0) is 26.9 Å². The van der Waals surface area contributed by atoms with Gasteiger partial charge in [0.1, 0.15) is 23.9 Å². The molecule has 3 aromatic rings.